The molecule has 26 heavy (non-hydrogen) atoms. The lowest BCUT2D eigenvalue weighted by molar-refractivity contribution is -0.133. The molecule has 0 aliphatic carbocycles. The summed E-state index contributed by atoms with van der Waals surface area (Å²) in [5.41, 5.74) is 2.69. The molecule has 4 rings (SSSR count). The summed E-state index contributed by atoms with van der Waals surface area (Å²) in [6.07, 6.45) is 10.7. The molecule has 0 unspecified atom stereocenters. The quantitative estimate of drug-likeness (QED) is 0.901. The molecule has 0 bridgehead atoms. The Kier molecular flexibility index (Phi) is 5.59. The number of para-hydroxylation sites is 1. The van der Waals surface area contributed by atoms with Gasteiger partial charge in [0.25, 0.3) is 0 Å². The van der Waals surface area contributed by atoms with E-state index in [1.807, 2.05) is 0 Å². The molecule has 2 fully saturated rings. The minimum absolute atomic E-state index is 0.345. The van der Waals surface area contributed by atoms with Crippen LogP contribution < -0.4 is 0 Å². The van der Waals surface area contributed by atoms with Gasteiger partial charge in [0.1, 0.15) is 0 Å². The number of hydrogen-bond acceptors (Lipinski definition) is 2. The van der Waals surface area contributed by atoms with Gasteiger partial charge in [-0.3, -0.25) is 9.69 Å². The number of aromatic nitrogens is 1. The number of carbonyl (C=O) groups is 1. The van der Waals surface area contributed by atoms with Crippen LogP contribution in [0.5, 0.6) is 0 Å². The van der Waals surface area contributed by atoms with E-state index < -0.39 is 0 Å². The maximum Gasteiger partial charge on any atom is 0.236 e. The number of hydrogen-bond donors (Lipinski definition) is 1. The summed E-state index contributed by atoms with van der Waals surface area (Å²) in [6.45, 7) is 4.60. The maximum absolute atomic E-state index is 12.7. The Labute approximate surface area is 156 Å². The first-order valence-electron chi connectivity index (χ1n) is 10.4. The van der Waals surface area contributed by atoms with Gasteiger partial charge in [-0.2, -0.15) is 0 Å². The number of amides is 1. The molecule has 2 aliphatic heterocycles. The van der Waals surface area contributed by atoms with Crippen LogP contribution in [0.25, 0.3) is 10.9 Å². The molecular formula is C22H31N3O. The maximum atomic E-state index is 12.7. The third kappa shape index (κ3) is 3.96. The van der Waals surface area contributed by atoms with Gasteiger partial charge >= 0.3 is 0 Å². The van der Waals surface area contributed by atoms with E-state index in [1.54, 1.807) is 0 Å². The summed E-state index contributed by atoms with van der Waals surface area (Å²) in [7, 11) is 0. The van der Waals surface area contributed by atoms with E-state index in [0.717, 1.165) is 39.0 Å². The Morgan fingerprint density at radius 3 is 2.42 bits per heavy atom. The fourth-order valence-electron chi connectivity index (χ4n) is 4.62. The molecule has 0 atom stereocenters. The number of H-pyrrole nitrogens is 1. The highest BCUT2D eigenvalue weighted by Crippen LogP contribution is 2.33. The third-order valence-corrected chi connectivity index (χ3v) is 6.22. The molecular weight excluding hydrogens is 322 g/mol. The van der Waals surface area contributed by atoms with Crippen LogP contribution in [-0.4, -0.2) is 53.4 Å². The molecule has 4 nitrogen and oxygen atoms in total. The number of nitrogens with zero attached hydrogens (tertiary/aromatic N) is 2. The van der Waals surface area contributed by atoms with Gasteiger partial charge in [-0.1, -0.05) is 37.5 Å². The van der Waals surface area contributed by atoms with Crippen molar-refractivity contribution in [3.63, 3.8) is 0 Å². The van der Waals surface area contributed by atoms with Crippen LogP contribution in [0.3, 0.4) is 0 Å². The number of benzene rings is 1. The van der Waals surface area contributed by atoms with Crippen molar-refractivity contribution >= 4 is 16.8 Å². The molecule has 1 N–H and O–H groups in total. The Morgan fingerprint density at radius 1 is 0.962 bits per heavy atom. The number of piperidine rings is 1. The molecule has 0 radical (unpaired) electrons. The van der Waals surface area contributed by atoms with Crippen molar-refractivity contribution in [3.8, 4) is 0 Å². The first kappa shape index (κ1) is 17.6. The average molecular weight is 354 g/mol. The molecule has 4 heteroatoms. The molecule has 140 valence electrons. The first-order chi connectivity index (χ1) is 12.8. The van der Waals surface area contributed by atoms with E-state index in [0.29, 0.717) is 18.4 Å². The molecule has 2 saturated heterocycles. The van der Waals surface area contributed by atoms with Gasteiger partial charge in [-0.25, -0.2) is 0 Å². The van der Waals surface area contributed by atoms with Crippen molar-refractivity contribution < 1.29 is 4.79 Å². The van der Waals surface area contributed by atoms with Gasteiger partial charge in [-0.05, 0) is 56.3 Å². The van der Waals surface area contributed by atoms with Crippen LogP contribution in [0.4, 0.5) is 0 Å². The van der Waals surface area contributed by atoms with E-state index in [2.05, 4.69) is 45.2 Å². The zero-order chi connectivity index (χ0) is 17.8. The highest BCUT2D eigenvalue weighted by molar-refractivity contribution is 5.83. The van der Waals surface area contributed by atoms with Gasteiger partial charge in [-0.15, -0.1) is 0 Å². The number of likely N-dealkylation sites (tertiary alicyclic amines) is 2. The Hall–Kier alpha value is -1.81. The van der Waals surface area contributed by atoms with Crippen LogP contribution >= 0.6 is 0 Å². The lowest BCUT2D eigenvalue weighted by atomic mass is 9.89. The number of aromatic amines is 1. The van der Waals surface area contributed by atoms with E-state index in [1.165, 1.54) is 48.6 Å². The van der Waals surface area contributed by atoms with Crippen molar-refractivity contribution in [3.05, 3.63) is 36.0 Å². The van der Waals surface area contributed by atoms with Crippen molar-refractivity contribution in [1.82, 2.24) is 14.8 Å². The second-order valence-corrected chi connectivity index (χ2v) is 7.99. The molecule has 1 aromatic heterocycles. The molecule has 3 heterocycles. The lowest BCUT2D eigenvalue weighted by Crippen LogP contribution is -2.44. The first-order valence-corrected chi connectivity index (χ1v) is 10.4. The topological polar surface area (TPSA) is 39.3 Å². The van der Waals surface area contributed by atoms with Crippen molar-refractivity contribution in [2.45, 2.75) is 50.9 Å². The van der Waals surface area contributed by atoms with Gasteiger partial charge in [0.05, 0.1) is 6.54 Å². The number of rotatable bonds is 3. The molecule has 0 spiro atoms. The average Bonchev–Trinajstić information content (AvgIpc) is 3.06. The monoisotopic (exact) mass is 353 g/mol. The van der Waals surface area contributed by atoms with Crippen LogP contribution in [0.1, 0.15) is 56.4 Å². The van der Waals surface area contributed by atoms with Gasteiger partial charge in [0, 0.05) is 30.2 Å². The fraction of sp³-hybridized carbons (Fsp3) is 0.591. The van der Waals surface area contributed by atoms with Crippen LogP contribution in [0, 0.1) is 0 Å². The third-order valence-electron chi connectivity index (χ3n) is 6.22. The molecule has 0 saturated carbocycles. The summed E-state index contributed by atoms with van der Waals surface area (Å²) in [5.74, 6) is 0.955. The zero-order valence-electron chi connectivity index (χ0n) is 15.8. The van der Waals surface area contributed by atoms with E-state index >= 15 is 0 Å². The van der Waals surface area contributed by atoms with Crippen LogP contribution in [0.15, 0.2) is 30.5 Å². The van der Waals surface area contributed by atoms with E-state index in [4.69, 9.17) is 0 Å². The Bertz CT molecular complexity index is 722. The number of fused-ring (bicyclic) bond motifs is 1. The van der Waals surface area contributed by atoms with Gasteiger partial charge in [0.15, 0.2) is 0 Å². The predicted octanol–water partition coefficient (Wildman–Crippen LogP) is 4.14. The minimum atomic E-state index is 0.345. The fourth-order valence-corrected chi connectivity index (χ4v) is 4.62. The standard InChI is InChI=1S/C22H31N3O/c26-22(25-12-6-2-1-3-7-13-25)17-24-14-10-18(11-15-24)20-16-23-21-9-5-4-8-19(20)21/h4-5,8-9,16,18,23H,1-3,6-7,10-15,17H2. The van der Waals surface area contributed by atoms with E-state index in [9.17, 15) is 4.79 Å². The SMILES string of the molecule is O=C(CN1CCC(c2c[nH]c3ccccc23)CC1)N1CCCCCCC1. The van der Waals surface area contributed by atoms with Crippen molar-refractivity contribution in [2.24, 2.45) is 0 Å². The summed E-state index contributed by atoms with van der Waals surface area (Å²) in [6, 6.07) is 8.58. The Morgan fingerprint density at radius 2 is 1.65 bits per heavy atom. The van der Waals surface area contributed by atoms with E-state index in [-0.39, 0.29) is 0 Å². The van der Waals surface area contributed by atoms with Gasteiger partial charge in [0.2, 0.25) is 5.91 Å². The highest BCUT2D eigenvalue weighted by atomic mass is 16.2. The van der Waals surface area contributed by atoms with Gasteiger partial charge < -0.3 is 9.88 Å². The predicted molar refractivity (Wildman–Crippen MR) is 106 cm³/mol. The normalized spacial score (nSPS) is 20.8. The largest absolute Gasteiger partial charge is 0.361 e. The molecule has 2 aliphatic rings. The second-order valence-electron chi connectivity index (χ2n) is 7.99. The molecule has 2 aromatic rings. The number of carbonyl (C=O) groups excluding carboxylic acids is 1. The second kappa shape index (κ2) is 8.26. The smallest absolute Gasteiger partial charge is 0.236 e. The highest BCUT2D eigenvalue weighted by Gasteiger charge is 2.25. The lowest BCUT2D eigenvalue weighted by Gasteiger charge is -2.33. The van der Waals surface area contributed by atoms with Crippen molar-refractivity contribution in [1.29, 1.82) is 0 Å². The minimum Gasteiger partial charge on any atom is -0.361 e. The Balaban J connectivity index is 1.31. The molecule has 1 aromatic carbocycles. The van der Waals surface area contributed by atoms with Crippen LogP contribution in [0.2, 0.25) is 0 Å². The van der Waals surface area contributed by atoms with Crippen LogP contribution in [-0.2, 0) is 4.79 Å². The zero-order valence-corrected chi connectivity index (χ0v) is 15.8. The van der Waals surface area contributed by atoms with Crippen molar-refractivity contribution in [2.75, 3.05) is 32.7 Å². The summed E-state index contributed by atoms with van der Waals surface area (Å²) >= 11 is 0. The summed E-state index contributed by atoms with van der Waals surface area (Å²) in [4.78, 5) is 20.6. The number of nitrogens with one attached hydrogen (secondary N) is 1. The summed E-state index contributed by atoms with van der Waals surface area (Å²) in [5, 5.41) is 1.36. The molecule has 1 amide bonds. The summed E-state index contributed by atoms with van der Waals surface area (Å²) < 4.78 is 0.